The van der Waals surface area contributed by atoms with Gasteiger partial charge in [-0.3, -0.25) is 19.8 Å². The SMILES string of the molecule is C=CCN1C(=O)C(=Cc2cc([N+](=O)[O-])ccc2O)SC1=S. The van der Waals surface area contributed by atoms with Crippen molar-refractivity contribution >= 4 is 46.0 Å². The van der Waals surface area contributed by atoms with Crippen LogP contribution in [0.1, 0.15) is 5.56 Å². The van der Waals surface area contributed by atoms with Gasteiger partial charge in [-0.1, -0.05) is 30.1 Å². The van der Waals surface area contributed by atoms with E-state index in [-0.39, 0.29) is 22.9 Å². The van der Waals surface area contributed by atoms with Crippen LogP contribution in [0, 0.1) is 10.1 Å². The van der Waals surface area contributed by atoms with Crippen LogP contribution in [0.2, 0.25) is 0 Å². The molecule has 1 aromatic rings. The predicted molar refractivity (Wildman–Crippen MR) is 84.8 cm³/mol. The highest BCUT2D eigenvalue weighted by Crippen LogP contribution is 2.34. The van der Waals surface area contributed by atoms with E-state index >= 15 is 0 Å². The zero-order chi connectivity index (χ0) is 15.6. The molecule has 1 N–H and O–H groups in total. The molecule has 0 atom stereocenters. The van der Waals surface area contributed by atoms with Crippen LogP contribution in [-0.2, 0) is 4.79 Å². The maximum Gasteiger partial charge on any atom is 0.270 e. The van der Waals surface area contributed by atoms with E-state index < -0.39 is 4.92 Å². The van der Waals surface area contributed by atoms with E-state index in [0.29, 0.717) is 15.8 Å². The Morgan fingerprint density at radius 1 is 1.52 bits per heavy atom. The van der Waals surface area contributed by atoms with Crippen molar-refractivity contribution in [2.45, 2.75) is 0 Å². The number of rotatable bonds is 4. The molecule has 0 spiro atoms. The van der Waals surface area contributed by atoms with Gasteiger partial charge in [-0.05, 0) is 12.1 Å². The van der Waals surface area contributed by atoms with Gasteiger partial charge >= 0.3 is 0 Å². The lowest BCUT2D eigenvalue weighted by Crippen LogP contribution is -2.27. The largest absolute Gasteiger partial charge is 0.507 e. The van der Waals surface area contributed by atoms with Crippen LogP contribution in [0.5, 0.6) is 5.75 Å². The first kappa shape index (κ1) is 15.2. The first-order valence-corrected chi connectivity index (χ1v) is 7.00. The minimum atomic E-state index is -0.570. The number of carbonyl (C=O) groups excluding carboxylic acids is 1. The van der Waals surface area contributed by atoms with Crippen molar-refractivity contribution in [3.63, 3.8) is 0 Å². The second kappa shape index (κ2) is 6.06. The zero-order valence-corrected chi connectivity index (χ0v) is 12.3. The molecule has 21 heavy (non-hydrogen) atoms. The van der Waals surface area contributed by atoms with Gasteiger partial charge in [-0.15, -0.1) is 6.58 Å². The summed E-state index contributed by atoms with van der Waals surface area (Å²) < 4.78 is 0.385. The van der Waals surface area contributed by atoms with Gasteiger partial charge in [0.25, 0.3) is 11.6 Å². The second-order valence-corrected chi connectivity index (χ2v) is 5.76. The van der Waals surface area contributed by atoms with E-state index in [1.165, 1.54) is 29.2 Å². The van der Waals surface area contributed by atoms with Crippen LogP contribution < -0.4 is 0 Å². The molecule has 0 saturated carbocycles. The molecule has 1 saturated heterocycles. The minimum absolute atomic E-state index is 0.144. The monoisotopic (exact) mass is 322 g/mol. The first-order valence-electron chi connectivity index (χ1n) is 5.77. The van der Waals surface area contributed by atoms with E-state index in [2.05, 4.69) is 6.58 Å². The van der Waals surface area contributed by atoms with E-state index in [1.807, 2.05) is 0 Å². The first-order chi connectivity index (χ1) is 9.93. The summed E-state index contributed by atoms with van der Waals surface area (Å²) in [5, 5.41) is 20.5. The summed E-state index contributed by atoms with van der Waals surface area (Å²) in [6.07, 6.45) is 2.95. The van der Waals surface area contributed by atoms with Crippen LogP contribution in [0.15, 0.2) is 35.8 Å². The summed E-state index contributed by atoms with van der Waals surface area (Å²) in [7, 11) is 0. The second-order valence-electron chi connectivity index (χ2n) is 4.08. The molecular weight excluding hydrogens is 312 g/mol. The molecule has 0 aliphatic carbocycles. The maximum absolute atomic E-state index is 12.1. The van der Waals surface area contributed by atoms with E-state index in [9.17, 15) is 20.0 Å². The van der Waals surface area contributed by atoms with Crippen LogP contribution in [0.25, 0.3) is 6.08 Å². The predicted octanol–water partition coefficient (Wildman–Crippen LogP) is 2.69. The fraction of sp³-hybridized carbons (Fsp3) is 0.0769. The number of thioether (sulfide) groups is 1. The van der Waals surface area contributed by atoms with Crippen molar-refractivity contribution < 1.29 is 14.8 Å². The molecular formula is C13H10N2O4S2. The Balaban J connectivity index is 2.38. The number of nitrogens with zero attached hydrogens (tertiary/aromatic N) is 2. The molecule has 1 aliphatic rings. The third-order valence-corrected chi connectivity index (χ3v) is 4.07. The molecule has 0 aromatic heterocycles. The number of non-ortho nitro benzene ring substituents is 1. The van der Waals surface area contributed by atoms with Crippen LogP contribution >= 0.6 is 24.0 Å². The number of aromatic hydroxyl groups is 1. The number of nitro benzene ring substituents is 1. The molecule has 1 fully saturated rings. The highest BCUT2D eigenvalue weighted by Gasteiger charge is 2.31. The van der Waals surface area contributed by atoms with Crippen LogP contribution in [-0.4, -0.2) is 31.7 Å². The minimum Gasteiger partial charge on any atom is -0.507 e. The summed E-state index contributed by atoms with van der Waals surface area (Å²) in [5.41, 5.74) is 0.0314. The fourth-order valence-electron chi connectivity index (χ4n) is 1.70. The van der Waals surface area contributed by atoms with Gasteiger partial charge in [0.2, 0.25) is 0 Å². The molecule has 6 nitrogen and oxygen atoms in total. The van der Waals surface area contributed by atoms with Crippen LogP contribution in [0.3, 0.4) is 0 Å². The quantitative estimate of drug-likeness (QED) is 0.302. The number of phenolic OH excluding ortho intramolecular Hbond substituents is 1. The normalized spacial score (nSPS) is 16.6. The molecule has 1 heterocycles. The number of phenols is 1. The average molecular weight is 322 g/mol. The maximum atomic E-state index is 12.1. The Kier molecular flexibility index (Phi) is 4.39. The van der Waals surface area contributed by atoms with E-state index in [0.717, 1.165) is 11.8 Å². The summed E-state index contributed by atoms with van der Waals surface area (Å²) in [5.74, 6) is -0.453. The lowest BCUT2D eigenvalue weighted by atomic mass is 10.1. The Hall–Kier alpha value is -2.19. The lowest BCUT2D eigenvalue weighted by molar-refractivity contribution is -0.384. The molecule has 8 heteroatoms. The average Bonchev–Trinajstić information content (AvgIpc) is 2.69. The molecule has 1 amide bonds. The summed E-state index contributed by atoms with van der Waals surface area (Å²) in [4.78, 5) is 24.0. The van der Waals surface area contributed by atoms with Gasteiger partial charge in [0.05, 0.1) is 9.83 Å². The molecule has 0 unspecified atom stereocenters. The highest BCUT2D eigenvalue weighted by atomic mass is 32.2. The van der Waals surface area contributed by atoms with Crippen molar-refractivity contribution in [1.29, 1.82) is 0 Å². The Morgan fingerprint density at radius 2 is 2.24 bits per heavy atom. The van der Waals surface area contributed by atoms with Crippen molar-refractivity contribution in [3.8, 4) is 5.75 Å². The molecule has 2 rings (SSSR count). The fourth-order valence-corrected chi connectivity index (χ4v) is 2.96. The summed E-state index contributed by atoms with van der Waals surface area (Å²) >= 11 is 6.16. The van der Waals surface area contributed by atoms with E-state index in [1.54, 1.807) is 6.08 Å². The standard InChI is InChI=1S/C13H10N2O4S2/c1-2-5-14-12(17)11(21-13(14)20)7-8-6-9(15(18)19)3-4-10(8)16/h2-4,6-7,16H,1,5H2. The van der Waals surface area contributed by atoms with Crippen LogP contribution in [0.4, 0.5) is 5.69 Å². The molecule has 1 aromatic carbocycles. The summed E-state index contributed by atoms with van der Waals surface area (Å²) in [6, 6.07) is 3.61. The molecule has 0 radical (unpaired) electrons. The number of thiocarbonyl (C=S) groups is 1. The number of carbonyl (C=O) groups is 1. The van der Waals surface area contributed by atoms with Gasteiger partial charge in [-0.2, -0.15) is 0 Å². The van der Waals surface area contributed by atoms with Crippen molar-refractivity contribution in [1.82, 2.24) is 4.90 Å². The van der Waals surface area contributed by atoms with Gasteiger partial charge in [0.15, 0.2) is 0 Å². The number of hydrogen-bond acceptors (Lipinski definition) is 6. The number of hydrogen-bond donors (Lipinski definition) is 1. The van der Waals surface area contributed by atoms with Gasteiger partial charge in [0.1, 0.15) is 10.1 Å². The topological polar surface area (TPSA) is 83.7 Å². The van der Waals surface area contributed by atoms with Gasteiger partial charge < -0.3 is 5.11 Å². The Morgan fingerprint density at radius 3 is 2.86 bits per heavy atom. The van der Waals surface area contributed by atoms with E-state index in [4.69, 9.17) is 12.2 Å². The van der Waals surface area contributed by atoms with Crippen molar-refractivity contribution in [3.05, 3.63) is 51.4 Å². The summed E-state index contributed by atoms with van der Waals surface area (Å²) in [6.45, 7) is 3.84. The third kappa shape index (κ3) is 3.11. The smallest absolute Gasteiger partial charge is 0.270 e. The Labute approximate surface area is 129 Å². The van der Waals surface area contributed by atoms with Crippen molar-refractivity contribution in [2.75, 3.05) is 6.54 Å². The lowest BCUT2D eigenvalue weighted by Gasteiger charge is -2.10. The molecule has 108 valence electrons. The van der Waals surface area contributed by atoms with Gasteiger partial charge in [0, 0.05) is 24.2 Å². The number of benzene rings is 1. The van der Waals surface area contributed by atoms with Gasteiger partial charge in [-0.25, -0.2) is 0 Å². The number of nitro groups is 1. The zero-order valence-electron chi connectivity index (χ0n) is 10.7. The highest BCUT2D eigenvalue weighted by molar-refractivity contribution is 8.26. The van der Waals surface area contributed by atoms with Crippen molar-refractivity contribution in [2.24, 2.45) is 0 Å². The third-order valence-electron chi connectivity index (χ3n) is 2.69. The molecule has 1 aliphatic heterocycles. The molecule has 0 bridgehead atoms. The number of amides is 1. The Bertz CT molecular complexity index is 685.